The Bertz CT molecular complexity index is 485. The molecule has 106 valence electrons. The van der Waals surface area contributed by atoms with Gasteiger partial charge in [0.15, 0.2) is 0 Å². The Morgan fingerprint density at radius 1 is 1.53 bits per heavy atom. The third-order valence-corrected chi connectivity index (χ3v) is 4.87. The molecule has 0 aliphatic carbocycles. The van der Waals surface area contributed by atoms with Crippen LogP contribution in [-0.2, 0) is 11.0 Å². The van der Waals surface area contributed by atoms with Gasteiger partial charge in [0.05, 0.1) is 15.7 Å². The molecule has 1 rings (SSSR count). The van der Waals surface area contributed by atoms with Crippen LogP contribution >= 0.6 is 15.9 Å². The minimum atomic E-state index is -1.23. The highest BCUT2D eigenvalue weighted by molar-refractivity contribution is 9.10. The summed E-state index contributed by atoms with van der Waals surface area (Å²) in [5.41, 5.74) is 0.748. The molecule has 19 heavy (non-hydrogen) atoms. The van der Waals surface area contributed by atoms with Crippen LogP contribution in [-0.4, -0.2) is 8.96 Å². The summed E-state index contributed by atoms with van der Waals surface area (Å²) in [6.07, 6.45) is 2.30. The van der Waals surface area contributed by atoms with Crippen molar-refractivity contribution in [2.45, 2.75) is 38.0 Å². The number of halogens is 2. The summed E-state index contributed by atoms with van der Waals surface area (Å²) in [4.78, 5) is 0. The molecule has 0 spiro atoms. The van der Waals surface area contributed by atoms with Crippen LogP contribution in [0.2, 0.25) is 0 Å². The molecular formula is C14H19BrFNOS. The van der Waals surface area contributed by atoms with E-state index in [9.17, 15) is 8.60 Å². The summed E-state index contributed by atoms with van der Waals surface area (Å²) in [6, 6.07) is 4.26. The first-order valence-corrected chi connectivity index (χ1v) is 7.94. The summed E-state index contributed by atoms with van der Waals surface area (Å²) in [5, 5.41) is 0. The Morgan fingerprint density at radius 3 is 2.68 bits per heavy atom. The predicted molar refractivity (Wildman–Crippen MR) is 82.7 cm³/mol. The van der Waals surface area contributed by atoms with Crippen molar-refractivity contribution in [2.24, 2.45) is 0 Å². The quantitative estimate of drug-likeness (QED) is 0.792. The van der Waals surface area contributed by atoms with Gasteiger partial charge >= 0.3 is 0 Å². The number of hydrogen-bond donors (Lipinski definition) is 1. The summed E-state index contributed by atoms with van der Waals surface area (Å²) in [6.45, 7) is 9.37. The maximum Gasteiger partial charge on any atom is 0.123 e. The van der Waals surface area contributed by atoms with E-state index in [1.54, 1.807) is 12.1 Å². The van der Waals surface area contributed by atoms with Crippen molar-refractivity contribution in [1.82, 2.24) is 4.72 Å². The second-order valence-corrected chi connectivity index (χ2v) is 8.09. The summed E-state index contributed by atoms with van der Waals surface area (Å²) < 4.78 is 29.0. The Kier molecular flexibility index (Phi) is 5.89. The molecule has 1 aromatic rings. The van der Waals surface area contributed by atoms with Gasteiger partial charge in [0.25, 0.3) is 0 Å². The third kappa shape index (κ3) is 4.82. The maximum absolute atomic E-state index is 13.4. The summed E-state index contributed by atoms with van der Waals surface area (Å²) in [5.74, 6) is -0.310. The molecule has 0 heterocycles. The third-order valence-electron chi connectivity index (χ3n) is 2.54. The van der Waals surface area contributed by atoms with E-state index in [0.29, 0.717) is 6.42 Å². The molecule has 0 saturated carbocycles. The minimum absolute atomic E-state index is 0.234. The molecule has 0 aromatic heterocycles. The molecule has 0 saturated heterocycles. The normalized spacial score (nSPS) is 15.0. The Balaban J connectivity index is 3.04. The van der Waals surface area contributed by atoms with E-state index in [4.69, 9.17) is 0 Å². The van der Waals surface area contributed by atoms with Crippen molar-refractivity contribution in [2.75, 3.05) is 0 Å². The first-order valence-electron chi connectivity index (χ1n) is 5.99. The van der Waals surface area contributed by atoms with E-state index >= 15 is 0 Å². The van der Waals surface area contributed by atoms with Crippen molar-refractivity contribution in [3.8, 4) is 0 Å². The molecule has 0 aliphatic rings. The molecular weight excluding hydrogens is 329 g/mol. The van der Waals surface area contributed by atoms with E-state index in [0.717, 1.165) is 10.0 Å². The van der Waals surface area contributed by atoms with Gasteiger partial charge in [0.2, 0.25) is 0 Å². The monoisotopic (exact) mass is 347 g/mol. The molecule has 1 N–H and O–H groups in total. The van der Waals surface area contributed by atoms with E-state index in [-0.39, 0.29) is 16.6 Å². The molecule has 1 aromatic carbocycles. The van der Waals surface area contributed by atoms with E-state index in [2.05, 4.69) is 27.2 Å². The highest BCUT2D eigenvalue weighted by Crippen LogP contribution is 2.28. The van der Waals surface area contributed by atoms with Crippen LogP contribution in [0.15, 0.2) is 35.3 Å². The molecule has 2 unspecified atom stereocenters. The van der Waals surface area contributed by atoms with Gasteiger partial charge in [-0.05, 0) is 51.0 Å². The van der Waals surface area contributed by atoms with E-state index in [1.165, 1.54) is 12.1 Å². The molecule has 0 aliphatic heterocycles. The number of hydrogen-bond acceptors (Lipinski definition) is 1. The van der Waals surface area contributed by atoms with Crippen molar-refractivity contribution in [3.63, 3.8) is 0 Å². The van der Waals surface area contributed by atoms with Gasteiger partial charge in [0, 0.05) is 10.5 Å². The number of rotatable bonds is 5. The predicted octanol–water partition coefficient (Wildman–Crippen LogP) is 4.26. The molecule has 0 amide bonds. The average Bonchev–Trinajstić information content (AvgIpc) is 2.30. The lowest BCUT2D eigenvalue weighted by Gasteiger charge is -2.24. The zero-order valence-electron chi connectivity index (χ0n) is 11.4. The van der Waals surface area contributed by atoms with Crippen LogP contribution in [0.3, 0.4) is 0 Å². The maximum atomic E-state index is 13.4. The van der Waals surface area contributed by atoms with Gasteiger partial charge < -0.3 is 0 Å². The Morgan fingerprint density at radius 2 is 2.16 bits per heavy atom. The van der Waals surface area contributed by atoms with Crippen molar-refractivity contribution < 1.29 is 8.60 Å². The molecule has 5 heteroatoms. The van der Waals surface area contributed by atoms with Crippen LogP contribution in [0.1, 0.15) is 38.8 Å². The molecule has 0 bridgehead atoms. The number of nitrogens with one attached hydrogen (secondary N) is 1. The van der Waals surface area contributed by atoms with Gasteiger partial charge in [-0.3, -0.25) is 0 Å². The SMILES string of the molecule is C=CCC(NS(=O)C(C)(C)C)c1cc(F)ccc1Br. The molecule has 2 atom stereocenters. The standard InChI is InChI=1S/C14H19BrFNOS/c1-5-6-13(17-19(18)14(2,3)4)11-9-10(16)7-8-12(11)15/h5,7-9,13,17H,1,6H2,2-4H3. The Labute approximate surface area is 125 Å². The fraction of sp³-hybridized carbons (Fsp3) is 0.429. The van der Waals surface area contributed by atoms with Crippen molar-refractivity contribution in [3.05, 3.63) is 46.7 Å². The highest BCUT2D eigenvalue weighted by Gasteiger charge is 2.24. The Hall–Kier alpha value is -0.520. The van der Waals surface area contributed by atoms with Crippen LogP contribution in [0, 0.1) is 5.82 Å². The van der Waals surface area contributed by atoms with E-state index in [1.807, 2.05) is 20.8 Å². The zero-order chi connectivity index (χ0) is 14.6. The average molecular weight is 348 g/mol. The largest absolute Gasteiger partial charge is 0.242 e. The van der Waals surface area contributed by atoms with Gasteiger partial charge in [-0.15, -0.1) is 6.58 Å². The molecule has 0 radical (unpaired) electrons. The van der Waals surface area contributed by atoms with Crippen LogP contribution in [0.4, 0.5) is 4.39 Å². The fourth-order valence-electron chi connectivity index (χ4n) is 1.49. The smallest absolute Gasteiger partial charge is 0.123 e. The minimum Gasteiger partial charge on any atom is -0.242 e. The van der Waals surface area contributed by atoms with Gasteiger partial charge in [-0.25, -0.2) is 13.3 Å². The van der Waals surface area contributed by atoms with Crippen LogP contribution in [0.5, 0.6) is 0 Å². The molecule has 2 nitrogen and oxygen atoms in total. The lowest BCUT2D eigenvalue weighted by Crippen LogP contribution is -2.35. The lowest BCUT2D eigenvalue weighted by molar-refractivity contribution is 0.590. The van der Waals surface area contributed by atoms with Gasteiger partial charge in [0.1, 0.15) is 5.82 Å². The first kappa shape index (κ1) is 16.5. The van der Waals surface area contributed by atoms with E-state index < -0.39 is 11.0 Å². The summed E-state index contributed by atoms with van der Waals surface area (Å²) in [7, 11) is -1.23. The zero-order valence-corrected chi connectivity index (χ0v) is 13.8. The summed E-state index contributed by atoms with van der Waals surface area (Å²) >= 11 is 3.40. The van der Waals surface area contributed by atoms with Gasteiger partial charge in [-0.1, -0.05) is 22.0 Å². The van der Waals surface area contributed by atoms with Crippen molar-refractivity contribution in [1.29, 1.82) is 0 Å². The van der Waals surface area contributed by atoms with Gasteiger partial charge in [-0.2, -0.15) is 0 Å². The second-order valence-electron chi connectivity index (χ2n) is 5.24. The van der Waals surface area contributed by atoms with Crippen LogP contribution < -0.4 is 4.72 Å². The number of benzene rings is 1. The van der Waals surface area contributed by atoms with Crippen LogP contribution in [0.25, 0.3) is 0 Å². The lowest BCUT2D eigenvalue weighted by atomic mass is 10.0. The first-order chi connectivity index (χ1) is 8.75. The fourth-order valence-corrected chi connectivity index (χ4v) is 2.85. The topological polar surface area (TPSA) is 29.1 Å². The highest BCUT2D eigenvalue weighted by atomic mass is 79.9. The van der Waals surface area contributed by atoms with Crippen molar-refractivity contribution >= 4 is 26.9 Å². The molecule has 0 fully saturated rings. The second kappa shape index (κ2) is 6.77.